The molecule has 1 unspecified atom stereocenters. The number of amides is 1. The van der Waals surface area contributed by atoms with Gasteiger partial charge in [0.05, 0.1) is 6.26 Å². The Morgan fingerprint density at radius 3 is 2.62 bits per heavy atom. The van der Waals surface area contributed by atoms with Crippen molar-refractivity contribution in [1.29, 1.82) is 0 Å². The van der Waals surface area contributed by atoms with Crippen molar-refractivity contribution < 1.29 is 17.6 Å². The van der Waals surface area contributed by atoms with Crippen LogP contribution in [0.5, 0.6) is 0 Å². The second-order valence-corrected chi connectivity index (χ2v) is 7.97. The number of hydrogen-bond donors (Lipinski definition) is 1. The van der Waals surface area contributed by atoms with Crippen LogP contribution in [0.2, 0.25) is 0 Å². The van der Waals surface area contributed by atoms with E-state index in [0.29, 0.717) is 6.54 Å². The van der Waals surface area contributed by atoms with E-state index in [2.05, 4.69) is 4.72 Å². The second-order valence-electron chi connectivity index (χ2n) is 6.14. The molecule has 5 nitrogen and oxygen atoms in total. The average molecular weight is 354 g/mol. The number of rotatable bonds is 5. The predicted molar refractivity (Wildman–Crippen MR) is 92.2 cm³/mol. The number of sulfonamides is 1. The zero-order valence-electron chi connectivity index (χ0n) is 14.0. The second kappa shape index (κ2) is 7.90. The highest BCUT2D eigenvalue weighted by Crippen LogP contribution is 2.20. The number of allylic oxidation sites excluding steroid dienone is 1. The molecule has 1 saturated heterocycles. The van der Waals surface area contributed by atoms with Gasteiger partial charge in [0, 0.05) is 25.2 Å². The van der Waals surface area contributed by atoms with E-state index in [1.807, 2.05) is 0 Å². The highest BCUT2D eigenvalue weighted by Gasteiger charge is 2.26. The third kappa shape index (κ3) is 5.42. The first-order valence-corrected chi connectivity index (χ1v) is 9.85. The molecule has 0 spiro atoms. The van der Waals surface area contributed by atoms with Crippen molar-refractivity contribution in [3.8, 4) is 0 Å². The Morgan fingerprint density at radius 2 is 2.00 bits per heavy atom. The number of nitrogens with one attached hydrogen (secondary N) is 1. The summed E-state index contributed by atoms with van der Waals surface area (Å²) in [4.78, 5) is 14.3. The van der Waals surface area contributed by atoms with Gasteiger partial charge >= 0.3 is 0 Å². The van der Waals surface area contributed by atoms with Crippen LogP contribution < -0.4 is 4.72 Å². The predicted octanol–water partition coefficient (Wildman–Crippen LogP) is 2.16. The van der Waals surface area contributed by atoms with Crippen molar-refractivity contribution >= 4 is 21.5 Å². The first kappa shape index (κ1) is 18.6. The lowest BCUT2D eigenvalue weighted by molar-refractivity contribution is -0.129. The van der Waals surface area contributed by atoms with Crippen molar-refractivity contribution in [3.63, 3.8) is 0 Å². The molecule has 1 atom stereocenters. The van der Waals surface area contributed by atoms with Gasteiger partial charge in [-0.25, -0.2) is 17.5 Å². The van der Waals surface area contributed by atoms with Crippen molar-refractivity contribution in [2.24, 2.45) is 0 Å². The molecule has 1 fully saturated rings. The summed E-state index contributed by atoms with van der Waals surface area (Å²) >= 11 is 0. The zero-order chi connectivity index (χ0) is 17.7. The van der Waals surface area contributed by atoms with E-state index in [9.17, 15) is 17.6 Å². The minimum absolute atomic E-state index is 0.141. The molecule has 24 heavy (non-hydrogen) atoms. The Kier molecular flexibility index (Phi) is 6.12. The molecule has 1 aliphatic heterocycles. The number of carbonyl (C=O) groups is 1. The van der Waals surface area contributed by atoms with Crippen LogP contribution >= 0.6 is 0 Å². The third-order valence-electron chi connectivity index (χ3n) is 4.13. The van der Waals surface area contributed by atoms with Gasteiger partial charge in [-0.05, 0) is 49.5 Å². The summed E-state index contributed by atoms with van der Waals surface area (Å²) in [5.74, 6) is -0.461. The molecule has 2 rings (SSSR count). The molecule has 1 aromatic rings. The Balaban J connectivity index is 2.10. The molecule has 1 aliphatic rings. The molecule has 0 aliphatic carbocycles. The summed E-state index contributed by atoms with van der Waals surface area (Å²) < 4.78 is 38.0. The average Bonchev–Trinajstić information content (AvgIpc) is 2.53. The fourth-order valence-electron chi connectivity index (χ4n) is 2.81. The summed E-state index contributed by atoms with van der Waals surface area (Å²) in [6.45, 7) is 2.65. The van der Waals surface area contributed by atoms with E-state index in [1.54, 1.807) is 24.0 Å². The molecule has 0 aromatic heterocycles. The van der Waals surface area contributed by atoms with Gasteiger partial charge in [-0.15, -0.1) is 0 Å². The monoisotopic (exact) mass is 354 g/mol. The van der Waals surface area contributed by atoms with Crippen LogP contribution in [0.15, 0.2) is 30.3 Å². The number of nitrogens with zero attached hydrogens (tertiary/aromatic N) is 1. The van der Waals surface area contributed by atoms with Gasteiger partial charge in [0.15, 0.2) is 0 Å². The lowest BCUT2D eigenvalue weighted by Gasteiger charge is -2.35. The highest BCUT2D eigenvalue weighted by atomic mass is 32.2. The van der Waals surface area contributed by atoms with Crippen molar-refractivity contribution in [3.05, 3.63) is 41.7 Å². The van der Waals surface area contributed by atoms with Crippen LogP contribution in [0.3, 0.4) is 0 Å². The molecule has 1 amide bonds. The van der Waals surface area contributed by atoms with Crippen LogP contribution in [0.1, 0.15) is 31.7 Å². The van der Waals surface area contributed by atoms with Gasteiger partial charge < -0.3 is 4.90 Å². The maximum Gasteiger partial charge on any atom is 0.247 e. The molecule has 0 saturated carbocycles. The van der Waals surface area contributed by atoms with Gasteiger partial charge in [0.25, 0.3) is 0 Å². The first-order valence-electron chi connectivity index (χ1n) is 7.96. The number of halogens is 1. The topological polar surface area (TPSA) is 66.5 Å². The van der Waals surface area contributed by atoms with Crippen LogP contribution in [-0.4, -0.2) is 44.6 Å². The summed E-state index contributed by atoms with van der Waals surface area (Å²) in [6.07, 6.45) is 5.30. The van der Waals surface area contributed by atoms with Gasteiger partial charge in [0.1, 0.15) is 5.82 Å². The van der Waals surface area contributed by atoms with Gasteiger partial charge in [0.2, 0.25) is 15.9 Å². The first-order chi connectivity index (χ1) is 11.3. The Morgan fingerprint density at radius 1 is 1.33 bits per heavy atom. The van der Waals surface area contributed by atoms with Gasteiger partial charge in [-0.3, -0.25) is 4.79 Å². The minimum atomic E-state index is -3.28. The summed E-state index contributed by atoms with van der Waals surface area (Å²) in [7, 11) is -3.28. The van der Waals surface area contributed by atoms with Crippen LogP contribution in [0, 0.1) is 5.82 Å². The van der Waals surface area contributed by atoms with Gasteiger partial charge in [-0.2, -0.15) is 0 Å². The maximum absolute atomic E-state index is 13.0. The Hall–Kier alpha value is -1.73. The molecule has 1 N–H and O–H groups in total. The third-order valence-corrected chi connectivity index (χ3v) is 4.82. The molecular formula is C17H23FN2O3S. The molecule has 0 radical (unpaired) electrons. The van der Waals surface area contributed by atoms with Crippen LogP contribution in [-0.2, 0) is 14.8 Å². The van der Waals surface area contributed by atoms with E-state index < -0.39 is 10.0 Å². The fraction of sp³-hybridized carbons (Fsp3) is 0.471. The smallest absolute Gasteiger partial charge is 0.247 e. The quantitative estimate of drug-likeness (QED) is 0.824. The van der Waals surface area contributed by atoms with E-state index in [0.717, 1.165) is 36.7 Å². The van der Waals surface area contributed by atoms with E-state index in [4.69, 9.17) is 0 Å². The zero-order valence-corrected chi connectivity index (χ0v) is 14.8. The molecular weight excluding hydrogens is 331 g/mol. The summed E-state index contributed by atoms with van der Waals surface area (Å²) in [5.41, 5.74) is 1.54. The number of benzene rings is 1. The summed E-state index contributed by atoms with van der Waals surface area (Å²) in [6, 6.07) is 5.84. The number of hydrogen-bond acceptors (Lipinski definition) is 3. The van der Waals surface area contributed by atoms with Gasteiger partial charge in [-0.1, -0.05) is 12.1 Å². The van der Waals surface area contributed by atoms with Crippen molar-refractivity contribution in [1.82, 2.24) is 9.62 Å². The number of likely N-dealkylation sites (tertiary alicyclic amines) is 1. The van der Waals surface area contributed by atoms with Crippen LogP contribution in [0.4, 0.5) is 4.39 Å². The standard InChI is InChI=1S/C17H23FN2O3S/c1-13(14-6-8-15(18)9-7-14)11-17(21)20-10-4-3-5-16(20)12-19-24(2,22)23/h6-9,11,16,19H,3-5,10,12H2,1-2H3/b13-11+. The lowest BCUT2D eigenvalue weighted by atomic mass is 10.0. The number of carbonyl (C=O) groups excluding carboxylic acids is 1. The maximum atomic E-state index is 13.0. The van der Waals surface area contributed by atoms with E-state index in [-0.39, 0.29) is 24.3 Å². The van der Waals surface area contributed by atoms with Crippen LogP contribution in [0.25, 0.3) is 5.57 Å². The molecule has 132 valence electrons. The van der Waals surface area contributed by atoms with E-state index in [1.165, 1.54) is 18.2 Å². The Labute approximate surface area is 142 Å². The molecule has 0 bridgehead atoms. The van der Waals surface area contributed by atoms with Crippen molar-refractivity contribution in [2.45, 2.75) is 32.2 Å². The molecule has 1 heterocycles. The minimum Gasteiger partial charge on any atom is -0.335 e. The fourth-order valence-corrected chi connectivity index (χ4v) is 3.31. The highest BCUT2D eigenvalue weighted by molar-refractivity contribution is 7.88. The molecule has 1 aromatic carbocycles. The largest absolute Gasteiger partial charge is 0.335 e. The number of piperidine rings is 1. The SMILES string of the molecule is C/C(=C\C(=O)N1CCCCC1CNS(C)(=O)=O)c1ccc(F)cc1. The molecule has 7 heteroatoms. The Bertz CT molecular complexity index is 714. The van der Waals surface area contributed by atoms with E-state index >= 15 is 0 Å². The van der Waals surface area contributed by atoms with Crippen molar-refractivity contribution in [2.75, 3.05) is 19.3 Å². The normalized spacial score (nSPS) is 19.4. The lowest BCUT2D eigenvalue weighted by Crippen LogP contribution is -2.48. The summed E-state index contributed by atoms with van der Waals surface area (Å²) in [5, 5.41) is 0.